The van der Waals surface area contributed by atoms with Gasteiger partial charge in [-0.1, -0.05) is 13.2 Å². The predicted octanol–water partition coefficient (Wildman–Crippen LogP) is 3.09. The first-order chi connectivity index (χ1) is 9.24. The van der Waals surface area contributed by atoms with Crippen LogP contribution in [0.4, 0.5) is 0 Å². The van der Waals surface area contributed by atoms with Gasteiger partial charge in [-0.15, -0.1) is 0 Å². The van der Waals surface area contributed by atoms with E-state index in [0.29, 0.717) is 12.1 Å². The average molecular weight is 264 g/mol. The molecular weight excluding hydrogens is 236 g/mol. The van der Waals surface area contributed by atoms with E-state index in [1.165, 1.54) is 38.8 Å². The molecule has 3 nitrogen and oxygen atoms in total. The van der Waals surface area contributed by atoms with E-state index < -0.39 is 0 Å². The van der Waals surface area contributed by atoms with Gasteiger partial charge in [0.05, 0.1) is 11.5 Å². The fourth-order valence-corrected chi connectivity index (χ4v) is 2.98. The van der Waals surface area contributed by atoms with E-state index in [2.05, 4.69) is 23.8 Å². The summed E-state index contributed by atoms with van der Waals surface area (Å²) < 4.78 is 5.73. The van der Waals surface area contributed by atoms with E-state index in [9.17, 15) is 0 Å². The van der Waals surface area contributed by atoms with Crippen LogP contribution in [0.5, 0.6) is 0 Å². The molecule has 2 aliphatic heterocycles. The summed E-state index contributed by atoms with van der Waals surface area (Å²) in [5.41, 5.74) is 0. The first kappa shape index (κ1) is 14.6. The zero-order chi connectivity index (χ0) is 13.5. The predicted molar refractivity (Wildman–Crippen MR) is 79.9 cm³/mol. The van der Waals surface area contributed by atoms with Crippen molar-refractivity contribution < 1.29 is 4.74 Å². The van der Waals surface area contributed by atoms with Crippen molar-refractivity contribution in [3.05, 3.63) is 24.7 Å². The molecule has 0 amide bonds. The molecule has 0 saturated carbocycles. The lowest BCUT2D eigenvalue weighted by molar-refractivity contribution is 0.269. The van der Waals surface area contributed by atoms with Gasteiger partial charge in [-0.25, -0.2) is 0 Å². The summed E-state index contributed by atoms with van der Waals surface area (Å²) in [4.78, 5) is 0. The van der Waals surface area contributed by atoms with Gasteiger partial charge >= 0.3 is 0 Å². The number of rotatable bonds is 8. The van der Waals surface area contributed by atoms with E-state index in [4.69, 9.17) is 4.74 Å². The van der Waals surface area contributed by atoms with Crippen molar-refractivity contribution in [3.63, 3.8) is 0 Å². The van der Waals surface area contributed by atoms with E-state index >= 15 is 0 Å². The average Bonchev–Trinajstić information content (AvgIpc) is 3.07. The molecule has 19 heavy (non-hydrogen) atoms. The van der Waals surface area contributed by atoms with Crippen LogP contribution in [-0.2, 0) is 4.74 Å². The molecule has 3 heteroatoms. The summed E-state index contributed by atoms with van der Waals surface area (Å²) in [6.07, 6.45) is 9.35. The van der Waals surface area contributed by atoms with Crippen LogP contribution in [0.1, 0.15) is 51.4 Å². The fraction of sp³-hybridized carbons (Fsp3) is 0.750. The van der Waals surface area contributed by atoms with Crippen molar-refractivity contribution in [3.8, 4) is 0 Å². The maximum atomic E-state index is 5.73. The molecule has 0 aliphatic carbocycles. The quantitative estimate of drug-likeness (QED) is 0.661. The van der Waals surface area contributed by atoms with Crippen molar-refractivity contribution in [1.82, 2.24) is 10.6 Å². The van der Waals surface area contributed by atoms with E-state index in [1.54, 1.807) is 0 Å². The maximum Gasteiger partial charge on any atom is 0.0964 e. The Balaban J connectivity index is 1.54. The van der Waals surface area contributed by atoms with Crippen LogP contribution in [0.15, 0.2) is 24.7 Å². The third-order valence-corrected chi connectivity index (χ3v) is 4.16. The Morgan fingerprint density at radius 2 is 1.37 bits per heavy atom. The van der Waals surface area contributed by atoms with Crippen LogP contribution >= 0.6 is 0 Å². The lowest BCUT2D eigenvalue weighted by atomic mass is 10.1. The van der Waals surface area contributed by atoms with Gasteiger partial charge in [0.2, 0.25) is 0 Å². The van der Waals surface area contributed by atoms with E-state index in [-0.39, 0.29) is 0 Å². The van der Waals surface area contributed by atoms with Crippen molar-refractivity contribution in [2.45, 2.75) is 63.5 Å². The minimum absolute atomic E-state index is 0.663. The summed E-state index contributed by atoms with van der Waals surface area (Å²) >= 11 is 0. The zero-order valence-corrected chi connectivity index (χ0v) is 12.0. The SMILES string of the molecule is C=C(CCC1CCCN1)OC(=C)CCC1CCCN1. The number of allylic oxidation sites excluding steroid dienone is 2. The van der Waals surface area contributed by atoms with Gasteiger partial charge in [0.1, 0.15) is 0 Å². The highest BCUT2D eigenvalue weighted by atomic mass is 16.5. The summed E-state index contributed by atoms with van der Waals surface area (Å²) in [6.45, 7) is 10.3. The molecular formula is C16H28N2O. The largest absolute Gasteiger partial charge is 0.467 e. The number of hydrogen-bond acceptors (Lipinski definition) is 3. The summed E-state index contributed by atoms with van der Waals surface area (Å²) in [5, 5.41) is 7.00. The van der Waals surface area contributed by atoms with E-state index in [1.807, 2.05) is 0 Å². The molecule has 0 spiro atoms. The van der Waals surface area contributed by atoms with E-state index in [0.717, 1.165) is 37.2 Å². The number of nitrogens with one attached hydrogen (secondary N) is 2. The molecule has 2 fully saturated rings. The molecule has 0 aromatic carbocycles. The molecule has 2 unspecified atom stereocenters. The summed E-state index contributed by atoms with van der Waals surface area (Å²) in [7, 11) is 0. The Hall–Kier alpha value is -0.800. The third-order valence-electron chi connectivity index (χ3n) is 4.16. The molecule has 2 rings (SSSR count). The van der Waals surface area contributed by atoms with Crippen molar-refractivity contribution in [1.29, 1.82) is 0 Å². The first-order valence-corrected chi connectivity index (χ1v) is 7.74. The Kier molecular flexibility index (Phi) is 5.93. The smallest absolute Gasteiger partial charge is 0.0964 e. The Bertz CT molecular complexity index is 272. The summed E-state index contributed by atoms with van der Waals surface area (Å²) in [6, 6.07) is 1.33. The lowest BCUT2D eigenvalue weighted by Crippen LogP contribution is -2.21. The van der Waals surface area contributed by atoms with Crippen LogP contribution in [0.3, 0.4) is 0 Å². The molecule has 2 atom stereocenters. The number of ether oxygens (including phenoxy) is 1. The lowest BCUT2D eigenvalue weighted by Gasteiger charge is -2.15. The second kappa shape index (κ2) is 7.71. The highest BCUT2D eigenvalue weighted by Crippen LogP contribution is 2.19. The van der Waals surface area contributed by atoms with Crippen LogP contribution in [0, 0.1) is 0 Å². The van der Waals surface area contributed by atoms with Crippen LogP contribution in [0.2, 0.25) is 0 Å². The minimum Gasteiger partial charge on any atom is -0.467 e. The normalized spacial score (nSPS) is 26.5. The Labute approximate surface area is 117 Å². The second-order valence-electron chi connectivity index (χ2n) is 5.84. The molecule has 2 N–H and O–H groups in total. The standard InChI is InChI=1S/C16H28N2O/c1-13(7-9-15-5-3-11-17-15)19-14(2)8-10-16-6-4-12-18-16/h15-18H,1-12H2. The van der Waals surface area contributed by atoms with Gasteiger partial charge in [0.25, 0.3) is 0 Å². The van der Waals surface area contributed by atoms with Crippen molar-refractivity contribution in [2.75, 3.05) is 13.1 Å². The summed E-state index contributed by atoms with van der Waals surface area (Å²) in [5.74, 6) is 1.75. The van der Waals surface area contributed by atoms with Gasteiger partial charge in [0, 0.05) is 24.9 Å². The first-order valence-electron chi connectivity index (χ1n) is 7.74. The fourth-order valence-electron chi connectivity index (χ4n) is 2.98. The molecule has 2 heterocycles. The van der Waals surface area contributed by atoms with Crippen molar-refractivity contribution >= 4 is 0 Å². The Morgan fingerprint density at radius 3 is 1.74 bits per heavy atom. The van der Waals surface area contributed by atoms with Gasteiger partial charge in [0.15, 0.2) is 0 Å². The van der Waals surface area contributed by atoms with Gasteiger partial charge in [-0.05, 0) is 51.6 Å². The zero-order valence-electron chi connectivity index (χ0n) is 12.0. The molecule has 0 bridgehead atoms. The van der Waals surface area contributed by atoms with Crippen LogP contribution in [-0.4, -0.2) is 25.2 Å². The maximum absolute atomic E-state index is 5.73. The van der Waals surface area contributed by atoms with Gasteiger partial charge in [-0.2, -0.15) is 0 Å². The van der Waals surface area contributed by atoms with Gasteiger partial charge < -0.3 is 15.4 Å². The molecule has 2 aliphatic rings. The second-order valence-corrected chi connectivity index (χ2v) is 5.84. The minimum atomic E-state index is 0.663. The van der Waals surface area contributed by atoms with Crippen LogP contribution < -0.4 is 10.6 Å². The Morgan fingerprint density at radius 1 is 0.895 bits per heavy atom. The monoisotopic (exact) mass is 264 g/mol. The molecule has 0 aromatic rings. The van der Waals surface area contributed by atoms with Crippen LogP contribution in [0.25, 0.3) is 0 Å². The highest BCUT2D eigenvalue weighted by molar-refractivity contribution is 4.95. The number of hydrogen-bond donors (Lipinski definition) is 2. The third kappa shape index (κ3) is 5.37. The van der Waals surface area contributed by atoms with Crippen molar-refractivity contribution in [2.24, 2.45) is 0 Å². The highest BCUT2D eigenvalue weighted by Gasteiger charge is 2.16. The topological polar surface area (TPSA) is 33.3 Å². The molecule has 2 saturated heterocycles. The molecule has 0 aromatic heterocycles. The molecule has 108 valence electrons. The van der Waals surface area contributed by atoms with Gasteiger partial charge in [-0.3, -0.25) is 0 Å². The molecule has 0 radical (unpaired) electrons.